The van der Waals surface area contributed by atoms with Gasteiger partial charge in [0.1, 0.15) is 23.5 Å². The molecule has 2 aliphatic heterocycles. The monoisotopic (exact) mass is 599 g/mol. The van der Waals surface area contributed by atoms with Gasteiger partial charge in [-0.15, -0.1) is 0 Å². The van der Waals surface area contributed by atoms with Crippen LogP contribution < -0.4 is 15.0 Å². The molecule has 2 aromatic carbocycles. The lowest BCUT2D eigenvalue weighted by atomic mass is 10.0. The zero-order valence-corrected chi connectivity index (χ0v) is 23.6. The third-order valence-electron chi connectivity index (χ3n) is 7.68. The van der Waals surface area contributed by atoms with Crippen LogP contribution in [0.15, 0.2) is 48.8 Å². The lowest BCUT2D eigenvalue weighted by molar-refractivity contribution is -0.388. The second kappa shape index (κ2) is 12.8. The molecule has 0 radical (unpaired) electrons. The number of nitrogens with zero attached hydrogens (tertiary/aromatic N) is 6. The summed E-state index contributed by atoms with van der Waals surface area (Å²) < 4.78 is 46.4. The SMILES string of the molecule is CC(=O)N1CCN(CCCOc2ccc(Nc3ncnc4c3CCN(c3ccc([N+](=O)[O-])c(C(F)(F)F)c3)C4)cc2)CC1. The highest BCUT2D eigenvalue weighted by Crippen LogP contribution is 2.39. The molecular weight excluding hydrogens is 567 g/mol. The van der Waals surface area contributed by atoms with E-state index in [1.54, 1.807) is 11.8 Å². The molecule has 1 amide bonds. The third-order valence-corrected chi connectivity index (χ3v) is 7.68. The number of nitrogens with one attached hydrogen (secondary N) is 1. The van der Waals surface area contributed by atoms with E-state index in [-0.39, 0.29) is 18.1 Å². The van der Waals surface area contributed by atoms with Crippen molar-refractivity contribution in [2.75, 3.05) is 56.1 Å². The Kier molecular flexibility index (Phi) is 8.94. The third kappa shape index (κ3) is 7.31. The summed E-state index contributed by atoms with van der Waals surface area (Å²) in [7, 11) is 0. The van der Waals surface area contributed by atoms with Crippen molar-refractivity contribution in [1.82, 2.24) is 19.8 Å². The number of amides is 1. The van der Waals surface area contributed by atoms with Gasteiger partial charge in [0.2, 0.25) is 5.91 Å². The Hall–Kier alpha value is -4.46. The fourth-order valence-corrected chi connectivity index (χ4v) is 5.33. The number of halogens is 3. The van der Waals surface area contributed by atoms with Crippen molar-refractivity contribution in [2.45, 2.75) is 32.5 Å². The first-order valence-corrected chi connectivity index (χ1v) is 14.0. The van der Waals surface area contributed by atoms with Crippen molar-refractivity contribution in [2.24, 2.45) is 0 Å². The number of carbonyl (C=O) groups excluding carboxylic acids is 1. The van der Waals surface area contributed by atoms with Crippen molar-refractivity contribution < 1.29 is 27.6 Å². The van der Waals surface area contributed by atoms with Crippen LogP contribution >= 0.6 is 0 Å². The van der Waals surface area contributed by atoms with Gasteiger partial charge in [-0.3, -0.25) is 19.8 Å². The minimum atomic E-state index is -4.85. The number of ether oxygens (including phenoxy) is 1. The number of hydrogen-bond donors (Lipinski definition) is 1. The fourth-order valence-electron chi connectivity index (χ4n) is 5.33. The van der Waals surface area contributed by atoms with Gasteiger partial charge in [-0.1, -0.05) is 0 Å². The molecule has 11 nitrogen and oxygen atoms in total. The van der Waals surface area contributed by atoms with Gasteiger partial charge in [0.15, 0.2) is 0 Å². The number of piperazine rings is 1. The zero-order valence-electron chi connectivity index (χ0n) is 23.6. The second-order valence-electron chi connectivity index (χ2n) is 10.5. The van der Waals surface area contributed by atoms with Crippen molar-refractivity contribution in [1.29, 1.82) is 0 Å². The maximum Gasteiger partial charge on any atom is 0.423 e. The van der Waals surface area contributed by atoms with Crippen LogP contribution in [0.1, 0.15) is 30.2 Å². The van der Waals surface area contributed by atoms with Gasteiger partial charge >= 0.3 is 6.18 Å². The number of fused-ring (bicyclic) bond motifs is 1. The number of anilines is 3. The standard InChI is InChI=1S/C29H32F3N7O4/c1-20(40)37-14-12-36(13-15-37)10-2-16-43-23-6-3-21(4-7-23)35-28-24-9-11-38(18-26(24)33-19-34-28)22-5-8-27(39(41)42)25(17-22)29(30,31)32/h3-8,17,19H,2,9-16,18H2,1H3,(H,33,34,35). The van der Waals surface area contributed by atoms with Crippen LogP contribution in [-0.4, -0.2) is 76.5 Å². The molecule has 3 aromatic rings. The Morgan fingerprint density at radius 2 is 1.81 bits per heavy atom. The Bertz CT molecular complexity index is 1460. The molecule has 2 aliphatic rings. The van der Waals surface area contributed by atoms with E-state index in [1.807, 2.05) is 29.2 Å². The summed E-state index contributed by atoms with van der Waals surface area (Å²) in [6.07, 6.45) is -2.09. The van der Waals surface area contributed by atoms with Crippen LogP contribution in [0.4, 0.5) is 36.1 Å². The number of rotatable bonds is 9. The van der Waals surface area contributed by atoms with E-state index in [0.717, 1.165) is 68.3 Å². The van der Waals surface area contributed by atoms with Crippen molar-refractivity contribution in [3.05, 3.63) is 75.7 Å². The molecule has 1 N–H and O–H groups in total. The number of nitro groups is 1. The first-order valence-electron chi connectivity index (χ1n) is 14.0. The fraction of sp³-hybridized carbons (Fsp3) is 0.414. The molecule has 0 bridgehead atoms. The lowest BCUT2D eigenvalue weighted by Gasteiger charge is -2.34. The molecule has 228 valence electrons. The predicted molar refractivity (Wildman–Crippen MR) is 153 cm³/mol. The van der Waals surface area contributed by atoms with Gasteiger partial charge in [-0.25, -0.2) is 9.97 Å². The first kappa shape index (κ1) is 30.0. The topological polar surface area (TPSA) is 117 Å². The number of nitro benzene ring substituents is 1. The van der Waals surface area contributed by atoms with Gasteiger partial charge in [0.05, 0.1) is 23.8 Å². The number of benzene rings is 2. The molecule has 0 saturated carbocycles. The molecule has 0 unspecified atom stereocenters. The number of alkyl halides is 3. The highest BCUT2D eigenvalue weighted by molar-refractivity contribution is 5.73. The smallest absolute Gasteiger partial charge is 0.423 e. The minimum absolute atomic E-state index is 0.123. The van der Waals surface area contributed by atoms with E-state index in [2.05, 4.69) is 20.2 Å². The maximum absolute atomic E-state index is 13.5. The van der Waals surface area contributed by atoms with Gasteiger partial charge < -0.3 is 19.9 Å². The molecule has 3 heterocycles. The molecule has 1 saturated heterocycles. The van der Waals surface area contributed by atoms with Crippen molar-refractivity contribution in [3.63, 3.8) is 0 Å². The highest BCUT2D eigenvalue weighted by atomic mass is 19.4. The molecule has 0 atom stereocenters. The summed E-state index contributed by atoms with van der Waals surface area (Å²) in [5, 5.41) is 14.4. The minimum Gasteiger partial charge on any atom is -0.494 e. The molecule has 0 aliphatic carbocycles. The molecule has 1 aromatic heterocycles. The van der Waals surface area contributed by atoms with E-state index in [9.17, 15) is 28.1 Å². The van der Waals surface area contributed by atoms with Crippen molar-refractivity contribution >= 4 is 28.8 Å². The predicted octanol–water partition coefficient (Wildman–Crippen LogP) is 4.64. The summed E-state index contributed by atoms with van der Waals surface area (Å²) in [4.78, 5) is 36.2. The molecule has 0 spiro atoms. The average Bonchev–Trinajstić information content (AvgIpc) is 2.99. The second-order valence-corrected chi connectivity index (χ2v) is 10.5. The Morgan fingerprint density at radius 3 is 2.49 bits per heavy atom. The van der Waals surface area contributed by atoms with E-state index < -0.39 is 22.4 Å². The van der Waals surface area contributed by atoms with E-state index in [4.69, 9.17) is 4.74 Å². The summed E-state index contributed by atoms with van der Waals surface area (Å²) in [6, 6.07) is 10.6. The van der Waals surface area contributed by atoms with Crippen LogP contribution in [0.2, 0.25) is 0 Å². The summed E-state index contributed by atoms with van der Waals surface area (Å²) >= 11 is 0. The van der Waals surface area contributed by atoms with E-state index in [1.165, 1.54) is 12.4 Å². The van der Waals surface area contributed by atoms with Crippen LogP contribution in [0, 0.1) is 10.1 Å². The Morgan fingerprint density at radius 1 is 1.07 bits per heavy atom. The zero-order chi connectivity index (χ0) is 30.6. The lowest BCUT2D eigenvalue weighted by Crippen LogP contribution is -2.48. The largest absolute Gasteiger partial charge is 0.494 e. The summed E-state index contributed by atoms with van der Waals surface area (Å²) in [5.74, 6) is 1.48. The average molecular weight is 600 g/mol. The van der Waals surface area contributed by atoms with Crippen LogP contribution in [0.3, 0.4) is 0 Å². The molecule has 14 heteroatoms. The Labute approximate surface area is 246 Å². The summed E-state index contributed by atoms with van der Waals surface area (Å²) in [5.41, 5.74) is 0.314. The Balaban J connectivity index is 1.15. The van der Waals surface area contributed by atoms with Gasteiger partial charge in [0, 0.05) is 69.2 Å². The van der Waals surface area contributed by atoms with Crippen LogP contribution in [0.25, 0.3) is 0 Å². The van der Waals surface area contributed by atoms with Crippen LogP contribution in [-0.2, 0) is 23.9 Å². The number of carbonyl (C=O) groups is 1. The molecular formula is C29H32F3N7O4. The molecule has 5 rings (SSSR count). The van der Waals surface area contributed by atoms with Crippen LogP contribution in [0.5, 0.6) is 5.75 Å². The van der Waals surface area contributed by atoms with Gasteiger partial charge in [-0.2, -0.15) is 13.2 Å². The van der Waals surface area contributed by atoms with Gasteiger partial charge in [-0.05, 0) is 49.2 Å². The van der Waals surface area contributed by atoms with E-state index >= 15 is 0 Å². The maximum atomic E-state index is 13.5. The van der Waals surface area contributed by atoms with Gasteiger partial charge in [0.25, 0.3) is 5.69 Å². The summed E-state index contributed by atoms with van der Waals surface area (Å²) in [6.45, 7) is 7.00. The molecule has 1 fully saturated rings. The quantitative estimate of drug-likeness (QED) is 0.213. The molecule has 43 heavy (non-hydrogen) atoms. The highest BCUT2D eigenvalue weighted by Gasteiger charge is 2.39. The van der Waals surface area contributed by atoms with Crippen molar-refractivity contribution in [3.8, 4) is 5.75 Å². The normalized spacial score (nSPS) is 15.6. The number of aromatic nitrogens is 2. The first-order chi connectivity index (χ1) is 20.6. The number of hydrogen-bond acceptors (Lipinski definition) is 9. The van der Waals surface area contributed by atoms with E-state index in [0.29, 0.717) is 31.1 Å².